The van der Waals surface area contributed by atoms with Crippen molar-refractivity contribution in [1.29, 1.82) is 0 Å². The first-order valence-corrected chi connectivity index (χ1v) is 13.2. The van der Waals surface area contributed by atoms with E-state index in [0.717, 1.165) is 22.8 Å². The number of amides is 2. The minimum atomic E-state index is -0.766. The molecular weight excluding hydrogens is 527 g/mol. The molecule has 2 N–H and O–H groups in total. The Morgan fingerprint density at radius 1 is 0.902 bits per heavy atom. The fourth-order valence-electron chi connectivity index (χ4n) is 5.35. The quantitative estimate of drug-likeness (QED) is 0.266. The summed E-state index contributed by atoms with van der Waals surface area (Å²) in [6.07, 6.45) is 2.28. The molecule has 1 aliphatic carbocycles. The van der Waals surface area contributed by atoms with Crippen molar-refractivity contribution in [2.45, 2.75) is 32.2 Å². The monoisotopic (exact) mass is 555 g/mol. The summed E-state index contributed by atoms with van der Waals surface area (Å²) < 4.78 is 42.2. The van der Waals surface area contributed by atoms with E-state index in [1.165, 1.54) is 24.3 Å². The summed E-state index contributed by atoms with van der Waals surface area (Å²) in [7, 11) is 1.54. The molecule has 1 aromatic heterocycles. The first-order valence-electron chi connectivity index (χ1n) is 13.2. The third-order valence-electron chi connectivity index (χ3n) is 7.23. The summed E-state index contributed by atoms with van der Waals surface area (Å²) in [4.78, 5) is 30.4. The van der Waals surface area contributed by atoms with Crippen LogP contribution in [0.4, 0.5) is 13.2 Å². The molecule has 208 valence electrons. The van der Waals surface area contributed by atoms with E-state index in [2.05, 4.69) is 15.6 Å². The Hall–Kier alpha value is -4.72. The number of nitrogens with zero attached hydrogens (tertiary/aromatic N) is 1. The van der Waals surface area contributed by atoms with E-state index >= 15 is 0 Å². The molecular formula is C33H28F3N3O2. The molecule has 5 nitrogen and oxygen atoms in total. The summed E-state index contributed by atoms with van der Waals surface area (Å²) in [5, 5.41) is 5.62. The van der Waals surface area contributed by atoms with Crippen LogP contribution in [0.3, 0.4) is 0 Å². The van der Waals surface area contributed by atoms with Gasteiger partial charge < -0.3 is 10.6 Å². The number of nitrogens with one attached hydrogen (secondary N) is 2. The van der Waals surface area contributed by atoms with Gasteiger partial charge in [0, 0.05) is 30.4 Å². The topological polar surface area (TPSA) is 71.1 Å². The van der Waals surface area contributed by atoms with E-state index in [4.69, 9.17) is 0 Å². The molecule has 5 rings (SSSR count). The van der Waals surface area contributed by atoms with Gasteiger partial charge in [0.2, 0.25) is 5.91 Å². The van der Waals surface area contributed by atoms with Gasteiger partial charge in [0.05, 0.1) is 18.2 Å². The molecule has 1 atom stereocenters. The van der Waals surface area contributed by atoms with Crippen LogP contribution in [-0.4, -0.2) is 23.8 Å². The predicted molar refractivity (Wildman–Crippen MR) is 151 cm³/mol. The summed E-state index contributed by atoms with van der Waals surface area (Å²) in [5.74, 6) is -2.42. The van der Waals surface area contributed by atoms with Crippen molar-refractivity contribution < 1.29 is 22.8 Å². The van der Waals surface area contributed by atoms with Gasteiger partial charge in [0.15, 0.2) is 0 Å². The van der Waals surface area contributed by atoms with Crippen LogP contribution in [0.25, 0.3) is 16.7 Å². The maximum atomic E-state index is 14.1. The number of rotatable bonds is 8. The number of pyridine rings is 1. The molecule has 4 aromatic rings. The smallest absolute Gasteiger partial charge is 0.251 e. The molecule has 3 aromatic carbocycles. The van der Waals surface area contributed by atoms with Gasteiger partial charge in [-0.3, -0.25) is 14.6 Å². The van der Waals surface area contributed by atoms with Crippen molar-refractivity contribution in [3.63, 3.8) is 0 Å². The lowest BCUT2D eigenvalue weighted by Crippen LogP contribution is -2.31. The van der Waals surface area contributed by atoms with Crippen LogP contribution in [0.15, 0.2) is 84.6 Å². The molecule has 2 amide bonds. The van der Waals surface area contributed by atoms with Gasteiger partial charge in [-0.25, -0.2) is 13.2 Å². The van der Waals surface area contributed by atoms with Crippen molar-refractivity contribution in [2.24, 2.45) is 0 Å². The van der Waals surface area contributed by atoms with E-state index in [0.29, 0.717) is 39.9 Å². The number of benzene rings is 3. The largest absolute Gasteiger partial charge is 0.355 e. The molecule has 1 aliphatic rings. The maximum absolute atomic E-state index is 14.1. The van der Waals surface area contributed by atoms with Crippen LogP contribution in [0, 0.1) is 17.5 Å². The van der Waals surface area contributed by atoms with Crippen LogP contribution in [0.1, 0.15) is 52.1 Å². The molecule has 0 saturated heterocycles. The Morgan fingerprint density at radius 2 is 1.68 bits per heavy atom. The fourth-order valence-corrected chi connectivity index (χ4v) is 5.35. The minimum absolute atomic E-state index is 0.00459. The summed E-state index contributed by atoms with van der Waals surface area (Å²) in [5.41, 5.74) is 6.02. The molecule has 1 heterocycles. The van der Waals surface area contributed by atoms with Gasteiger partial charge in [-0.05, 0) is 90.1 Å². The Bertz CT molecular complexity index is 1660. The second-order valence-corrected chi connectivity index (χ2v) is 10.1. The highest BCUT2D eigenvalue weighted by molar-refractivity contribution is 5.95. The number of carbonyl (C=O) groups is 2. The van der Waals surface area contributed by atoms with Crippen molar-refractivity contribution in [1.82, 2.24) is 15.6 Å². The van der Waals surface area contributed by atoms with Crippen molar-refractivity contribution in [3.05, 3.63) is 130 Å². The highest BCUT2D eigenvalue weighted by Gasteiger charge is 2.25. The minimum Gasteiger partial charge on any atom is -0.355 e. The second kappa shape index (κ2) is 11.8. The van der Waals surface area contributed by atoms with Crippen LogP contribution < -0.4 is 10.6 Å². The molecule has 0 spiro atoms. The third kappa shape index (κ3) is 6.22. The van der Waals surface area contributed by atoms with Gasteiger partial charge in [-0.1, -0.05) is 29.8 Å². The molecule has 0 bridgehead atoms. The molecule has 0 unspecified atom stereocenters. The lowest BCUT2D eigenvalue weighted by molar-refractivity contribution is -0.120. The first-order chi connectivity index (χ1) is 19.7. The second-order valence-electron chi connectivity index (χ2n) is 10.1. The lowest BCUT2D eigenvalue weighted by atomic mass is 9.94. The molecule has 0 aliphatic heterocycles. The van der Waals surface area contributed by atoms with E-state index in [1.54, 1.807) is 43.6 Å². The maximum Gasteiger partial charge on any atom is 0.251 e. The SMILES string of the molecule is CNC(=O)c1cccc(-c2cccnc2[C@H](Cc2cc(F)cc(F)c2)NC(=O)CC2=C(C)Cc3ccc(F)cc32)c1. The van der Waals surface area contributed by atoms with Gasteiger partial charge in [-0.2, -0.15) is 0 Å². The van der Waals surface area contributed by atoms with Gasteiger partial charge in [-0.15, -0.1) is 0 Å². The zero-order chi connectivity index (χ0) is 29.1. The van der Waals surface area contributed by atoms with Gasteiger partial charge >= 0.3 is 0 Å². The van der Waals surface area contributed by atoms with Crippen LogP contribution in [0.2, 0.25) is 0 Å². The highest BCUT2D eigenvalue weighted by Crippen LogP contribution is 2.36. The molecule has 8 heteroatoms. The Balaban J connectivity index is 1.51. The predicted octanol–water partition coefficient (Wildman–Crippen LogP) is 6.35. The Kier molecular flexibility index (Phi) is 8.01. The zero-order valence-electron chi connectivity index (χ0n) is 22.6. The van der Waals surface area contributed by atoms with Gasteiger partial charge in [0.25, 0.3) is 5.91 Å². The van der Waals surface area contributed by atoms with E-state index < -0.39 is 17.7 Å². The van der Waals surface area contributed by atoms with Crippen molar-refractivity contribution >= 4 is 17.4 Å². The molecule has 41 heavy (non-hydrogen) atoms. The van der Waals surface area contributed by atoms with E-state index in [9.17, 15) is 22.8 Å². The highest BCUT2D eigenvalue weighted by atomic mass is 19.1. The number of fused-ring (bicyclic) bond motifs is 1. The van der Waals surface area contributed by atoms with Crippen LogP contribution in [-0.2, 0) is 17.6 Å². The number of hydrogen-bond acceptors (Lipinski definition) is 3. The third-order valence-corrected chi connectivity index (χ3v) is 7.23. The number of allylic oxidation sites excluding steroid dienone is 1. The molecule has 0 fully saturated rings. The summed E-state index contributed by atoms with van der Waals surface area (Å²) in [6, 6.07) is 17.6. The summed E-state index contributed by atoms with van der Waals surface area (Å²) >= 11 is 0. The zero-order valence-corrected chi connectivity index (χ0v) is 22.6. The molecule has 0 saturated carbocycles. The Labute approximate surface area is 236 Å². The first kappa shape index (κ1) is 27.8. The normalized spacial score (nSPS) is 13.1. The molecule has 0 radical (unpaired) electrons. The van der Waals surface area contributed by atoms with Crippen molar-refractivity contribution in [3.8, 4) is 11.1 Å². The van der Waals surface area contributed by atoms with Gasteiger partial charge in [0.1, 0.15) is 17.5 Å². The van der Waals surface area contributed by atoms with Crippen molar-refractivity contribution in [2.75, 3.05) is 7.05 Å². The van der Waals surface area contributed by atoms with E-state index in [1.807, 2.05) is 19.1 Å². The number of aromatic nitrogens is 1. The lowest BCUT2D eigenvalue weighted by Gasteiger charge is -2.22. The average molecular weight is 556 g/mol. The van der Waals surface area contributed by atoms with Crippen LogP contribution >= 0.6 is 0 Å². The number of hydrogen-bond donors (Lipinski definition) is 2. The average Bonchev–Trinajstić information content (AvgIpc) is 3.25. The summed E-state index contributed by atoms with van der Waals surface area (Å²) in [6.45, 7) is 1.92. The Morgan fingerprint density at radius 3 is 2.44 bits per heavy atom. The standard InChI is InChI=1S/C33H28F3N3O2/c1-19-11-22-8-9-24(34)17-29(22)28(19)18-31(40)39-30(14-20-12-25(35)16-26(36)13-20)32-27(7-4-10-38-32)21-5-3-6-23(15-21)33(41)37-2/h3-10,12-13,15-17,30H,11,14,18H2,1-2H3,(H,37,41)(H,39,40)/t30-/m0/s1. The number of carbonyl (C=O) groups excluding carboxylic acids is 2. The fraction of sp³-hybridized carbons (Fsp3) is 0.182. The van der Waals surface area contributed by atoms with Crippen LogP contribution in [0.5, 0.6) is 0 Å². The van der Waals surface area contributed by atoms with E-state index in [-0.39, 0.29) is 30.5 Å². The number of halogens is 3.